The first-order valence-electron chi connectivity index (χ1n) is 27.4. The number of aliphatic hydroxyl groups is 14. The predicted octanol–water partition coefficient (Wildman–Crippen LogP) is -2.43. The number of ether oxygens (including phenoxy) is 8. The molecule has 8 fully saturated rings. The highest BCUT2D eigenvalue weighted by molar-refractivity contribution is 5.79. The van der Waals surface area contributed by atoms with Crippen LogP contribution in [0.1, 0.15) is 106 Å². The van der Waals surface area contributed by atoms with Gasteiger partial charge in [-0.25, -0.2) is 0 Å². The van der Waals surface area contributed by atoms with Crippen LogP contribution < -0.4 is 0 Å². The van der Waals surface area contributed by atoms with Gasteiger partial charge in [-0.2, -0.15) is 0 Å². The van der Waals surface area contributed by atoms with Gasteiger partial charge in [0, 0.05) is 11.3 Å². The van der Waals surface area contributed by atoms with E-state index >= 15 is 4.79 Å². The van der Waals surface area contributed by atoms with Crippen molar-refractivity contribution in [3.63, 3.8) is 0 Å². The fraction of sp³-hybridized carbons (Fsp3) is 0.943. The number of hydrogen-bond donors (Lipinski definition) is 14. The lowest BCUT2D eigenvalue weighted by molar-refractivity contribution is -0.368. The summed E-state index contributed by atoms with van der Waals surface area (Å²) in [5, 5.41) is 152. The Balaban J connectivity index is 0.983. The van der Waals surface area contributed by atoms with Gasteiger partial charge in [0.1, 0.15) is 79.4 Å². The zero-order valence-corrected chi connectivity index (χ0v) is 44.6. The molecule has 9 rings (SSSR count). The van der Waals surface area contributed by atoms with Crippen LogP contribution in [0, 0.1) is 50.7 Å². The Morgan fingerprint density at radius 1 is 0.618 bits per heavy atom. The van der Waals surface area contributed by atoms with Crippen molar-refractivity contribution in [2.45, 2.75) is 235 Å². The van der Waals surface area contributed by atoms with E-state index in [0.29, 0.717) is 51.4 Å². The number of esters is 1. The van der Waals surface area contributed by atoms with Gasteiger partial charge in [-0.15, -0.1) is 0 Å². The van der Waals surface area contributed by atoms with Crippen molar-refractivity contribution in [3.05, 3.63) is 11.6 Å². The molecule has 0 bridgehead atoms. The normalized spacial score (nSPS) is 56.5. The second-order valence-electron chi connectivity index (χ2n) is 25.3. The van der Waals surface area contributed by atoms with E-state index in [2.05, 4.69) is 26.8 Å². The minimum atomic E-state index is -1.85. The summed E-state index contributed by atoms with van der Waals surface area (Å²) in [7, 11) is 0. The molecule has 0 spiro atoms. The van der Waals surface area contributed by atoms with Gasteiger partial charge in [0.05, 0.1) is 49.7 Å². The molecule has 4 aliphatic heterocycles. The summed E-state index contributed by atoms with van der Waals surface area (Å²) >= 11 is 0. The predicted molar refractivity (Wildman–Crippen MR) is 258 cm³/mol. The third-order valence-electron chi connectivity index (χ3n) is 21.6. The van der Waals surface area contributed by atoms with E-state index in [1.165, 1.54) is 6.92 Å². The molecule has 4 saturated carbocycles. The Labute approximate surface area is 442 Å². The highest BCUT2D eigenvalue weighted by Crippen LogP contribution is 2.76. The van der Waals surface area contributed by atoms with Crippen molar-refractivity contribution in [1.29, 1.82) is 0 Å². The van der Waals surface area contributed by atoms with E-state index in [4.69, 9.17) is 37.9 Å². The second kappa shape index (κ2) is 21.3. The van der Waals surface area contributed by atoms with Gasteiger partial charge < -0.3 is 109 Å². The van der Waals surface area contributed by atoms with Crippen molar-refractivity contribution >= 4 is 5.97 Å². The van der Waals surface area contributed by atoms with E-state index in [-0.39, 0.29) is 37.4 Å². The van der Waals surface area contributed by atoms with Gasteiger partial charge in [0.2, 0.25) is 6.29 Å². The lowest BCUT2D eigenvalue weighted by Gasteiger charge is -2.72. The van der Waals surface area contributed by atoms with E-state index in [0.717, 1.165) is 5.57 Å². The minimum absolute atomic E-state index is 0.0338. The van der Waals surface area contributed by atoms with E-state index < -0.39 is 181 Å². The van der Waals surface area contributed by atoms with Crippen LogP contribution in [-0.2, 0) is 42.7 Å². The van der Waals surface area contributed by atoms with Gasteiger partial charge >= 0.3 is 5.97 Å². The van der Waals surface area contributed by atoms with E-state index in [1.54, 1.807) is 6.92 Å². The highest BCUT2D eigenvalue weighted by atomic mass is 16.8. The fourth-order valence-electron chi connectivity index (χ4n) is 16.4. The van der Waals surface area contributed by atoms with Crippen LogP contribution in [-0.4, -0.2) is 232 Å². The summed E-state index contributed by atoms with van der Waals surface area (Å²) in [4.78, 5) is 15.3. The van der Waals surface area contributed by atoms with Crippen molar-refractivity contribution in [2.24, 2.45) is 50.7 Å². The summed E-state index contributed by atoms with van der Waals surface area (Å²) in [6, 6.07) is 0. The molecule has 4 heterocycles. The summed E-state index contributed by atoms with van der Waals surface area (Å²) in [6.45, 7) is 11.8. The van der Waals surface area contributed by atoms with Crippen LogP contribution in [0.3, 0.4) is 0 Å². The van der Waals surface area contributed by atoms with Crippen LogP contribution >= 0.6 is 0 Å². The maximum Gasteiger partial charge on any atom is 0.315 e. The molecular formula is C53H86O23. The summed E-state index contributed by atoms with van der Waals surface area (Å²) in [6.07, 6.45) is -24.1. The molecule has 14 N–H and O–H groups in total. The molecule has 0 radical (unpaired) electrons. The number of carbonyl (C=O) groups is 1. The van der Waals surface area contributed by atoms with Crippen molar-refractivity contribution in [3.8, 4) is 0 Å². The molecule has 0 aromatic rings. The monoisotopic (exact) mass is 1090 g/mol. The minimum Gasteiger partial charge on any atom is -0.432 e. The number of fused-ring (bicyclic) bond motifs is 7. The molecule has 0 unspecified atom stereocenters. The Bertz CT molecular complexity index is 2100. The lowest BCUT2D eigenvalue weighted by atomic mass is 9.33. The molecule has 30 atom stereocenters. The van der Waals surface area contributed by atoms with E-state index in [1.807, 2.05) is 13.8 Å². The largest absolute Gasteiger partial charge is 0.432 e. The fourth-order valence-corrected chi connectivity index (χ4v) is 16.4. The molecular weight excluding hydrogens is 1000 g/mol. The Hall–Kier alpha value is -1.63. The molecule has 23 nitrogen and oxygen atoms in total. The van der Waals surface area contributed by atoms with Gasteiger partial charge in [0.25, 0.3) is 0 Å². The Morgan fingerprint density at radius 2 is 1.21 bits per heavy atom. The topological polar surface area (TPSA) is 374 Å². The first-order chi connectivity index (χ1) is 35.6. The van der Waals surface area contributed by atoms with Crippen LogP contribution in [0.4, 0.5) is 0 Å². The SMILES string of the molecule is C[C@@H]1O[C@@H](O[C@H]2[C@H](OC(=O)[C@]34CC[C@@H](C)[C@@](C)(O)[C@H]3C3=CC[C@@H]5[C@@]6(C)CC[C@H](O[C@@H]7OC[C@H](O)[C@H](O)[C@H]7O[C@@H]7O[C@H](CO)[C@@H](O)[C@H](O)[C@H]7O)[C@@](C)(CO)[C@@H]6CC[C@@]5(C)[C@]3(C)CC4)O[C@H](CO)[C@@H](O)[C@@H]2O)[C@H](O)[C@H](O)[C@H]1O. The summed E-state index contributed by atoms with van der Waals surface area (Å²) in [5.41, 5.74) is -4.10. The molecule has 76 heavy (non-hydrogen) atoms. The van der Waals surface area contributed by atoms with Crippen LogP contribution in [0.15, 0.2) is 11.6 Å². The van der Waals surface area contributed by atoms with Crippen molar-refractivity contribution in [2.75, 3.05) is 26.4 Å². The molecule has 436 valence electrons. The number of hydrogen-bond acceptors (Lipinski definition) is 23. The van der Waals surface area contributed by atoms with Crippen LogP contribution in [0.25, 0.3) is 0 Å². The zero-order valence-electron chi connectivity index (χ0n) is 44.6. The number of allylic oxidation sites excluding steroid dienone is 1. The smallest absolute Gasteiger partial charge is 0.315 e. The maximum absolute atomic E-state index is 15.3. The first kappa shape index (κ1) is 59.0. The zero-order chi connectivity index (χ0) is 55.6. The van der Waals surface area contributed by atoms with Crippen LogP contribution in [0.5, 0.6) is 0 Å². The van der Waals surface area contributed by atoms with Crippen molar-refractivity contribution < 1.29 is 114 Å². The van der Waals surface area contributed by atoms with Gasteiger partial charge in [-0.3, -0.25) is 4.79 Å². The molecule has 0 amide bonds. The lowest BCUT2D eigenvalue weighted by Crippen LogP contribution is -2.69. The third kappa shape index (κ3) is 9.09. The third-order valence-corrected chi connectivity index (χ3v) is 21.6. The second-order valence-corrected chi connectivity index (χ2v) is 25.3. The molecule has 5 aliphatic carbocycles. The highest BCUT2D eigenvalue weighted by Gasteiger charge is 2.73. The van der Waals surface area contributed by atoms with E-state index in [9.17, 15) is 71.5 Å². The summed E-state index contributed by atoms with van der Waals surface area (Å²) in [5.74, 6) is -1.86. The summed E-state index contributed by atoms with van der Waals surface area (Å²) < 4.78 is 48.1. The average Bonchev–Trinajstić information content (AvgIpc) is 3.58. The van der Waals surface area contributed by atoms with Gasteiger partial charge in [0.15, 0.2) is 25.0 Å². The number of aliphatic hydroxyl groups excluding tert-OH is 13. The Kier molecular flexibility index (Phi) is 16.5. The quantitative estimate of drug-likeness (QED) is 0.0581. The van der Waals surface area contributed by atoms with Gasteiger partial charge in [-0.1, -0.05) is 46.3 Å². The van der Waals surface area contributed by atoms with Crippen molar-refractivity contribution in [1.82, 2.24) is 0 Å². The number of rotatable bonds is 11. The molecule has 4 saturated heterocycles. The van der Waals surface area contributed by atoms with Crippen LogP contribution in [0.2, 0.25) is 0 Å². The number of carbonyl (C=O) groups excluding carboxylic acids is 1. The Morgan fingerprint density at radius 3 is 1.84 bits per heavy atom. The molecule has 9 aliphatic rings. The molecule has 0 aromatic heterocycles. The molecule has 0 aromatic carbocycles. The first-order valence-corrected chi connectivity index (χ1v) is 27.4. The average molecular weight is 1090 g/mol. The standard InChI is InChI=1S/C53H86O23/c1-22-10-15-53(47(67)76-46-41(37(64)34(61)27(19-55)72-46)75-43-38(65)35(62)31(58)23(2)70-43)17-16-50(5)24(42(53)52(22,7)68)8-9-29-48(3)13-12-30(49(4,21-56)28(48)11-14-51(29,50)6)73-45-40(32(59)25(57)20-69-45)74-44-39(66)36(63)33(60)26(18-54)71-44/h8,22-23,25-46,54-66,68H,9-21H2,1-7H3/t22-,23+,25+,26-,27-,28-,29-,30+,31+,32+,33-,34-,35-,36+,37+,38-,39-,40-,41-,42-,43+,44+,45+,46+,48+,49+,50-,51-,52-,53+/m1/s1. The molecule has 23 heteroatoms. The van der Waals surface area contributed by atoms with Gasteiger partial charge in [-0.05, 0) is 106 Å². The maximum atomic E-state index is 15.3.